The lowest BCUT2D eigenvalue weighted by molar-refractivity contribution is -0.384. The number of piperidine rings is 1. The number of carbonyl (C=O) groups is 3. The second-order valence-electron chi connectivity index (χ2n) is 7.21. The fourth-order valence-corrected chi connectivity index (χ4v) is 3.94. The molecule has 2 amide bonds. The van der Waals surface area contributed by atoms with Crippen LogP contribution < -0.4 is 15.8 Å². The van der Waals surface area contributed by atoms with Crippen molar-refractivity contribution in [1.82, 2.24) is 10.9 Å². The van der Waals surface area contributed by atoms with Gasteiger partial charge in [0.15, 0.2) is 6.61 Å². The minimum absolute atomic E-state index is 0.0315. The van der Waals surface area contributed by atoms with Gasteiger partial charge in [-0.3, -0.25) is 30.6 Å². The molecule has 0 unspecified atom stereocenters. The molecule has 0 radical (unpaired) electrons. The summed E-state index contributed by atoms with van der Waals surface area (Å²) in [5.74, 6) is -1.68. The Morgan fingerprint density at radius 3 is 2.77 bits per heavy atom. The van der Waals surface area contributed by atoms with Crippen LogP contribution in [0.2, 0.25) is 0 Å². The van der Waals surface area contributed by atoms with Gasteiger partial charge in [0.2, 0.25) is 0 Å². The number of esters is 1. The normalized spacial score (nSPS) is 15.8. The largest absolute Gasteiger partial charge is 0.452 e. The maximum absolute atomic E-state index is 12.3. The van der Waals surface area contributed by atoms with Crippen molar-refractivity contribution in [2.75, 3.05) is 24.6 Å². The number of hydrogen-bond acceptors (Lipinski definition) is 8. The number of thiophene rings is 1. The molecule has 2 heterocycles. The number of ether oxygens (including phenoxy) is 1. The molecular weight excluding hydrogens is 424 g/mol. The molecule has 31 heavy (non-hydrogen) atoms. The van der Waals surface area contributed by atoms with Gasteiger partial charge >= 0.3 is 5.97 Å². The lowest BCUT2D eigenvalue weighted by atomic mass is 9.99. The second-order valence-corrected chi connectivity index (χ2v) is 8.16. The summed E-state index contributed by atoms with van der Waals surface area (Å²) in [5, 5.41) is 13.3. The monoisotopic (exact) mass is 446 g/mol. The topological polar surface area (TPSA) is 131 Å². The van der Waals surface area contributed by atoms with Gasteiger partial charge in [-0.15, -0.1) is 11.3 Å². The van der Waals surface area contributed by atoms with Crippen molar-refractivity contribution in [3.05, 3.63) is 56.3 Å². The first-order chi connectivity index (χ1) is 14.8. The zero-order valence-corrected chi connectivity index (χ0v) is 17.6. The fourth-order valence-electron chi connectivity index (χ4n) is 3.32. The van der Waals surface area contributed by atoms with Gasteiger partial charge in [0.05, 0.1) is 15.4 Å². The Hall–Kier alpha value is -3.47. The Morgan fingerprint density at radius 1 is 1.29 bits per heavy atom. The third-order valence-corrected chi connectivity index (χ3v) is 5.67. The number of hydrazine groups is 1. The highest BCUT2D eigenvalue weighted by atomic mass is 32.1. The van der Waals surface area contributed by atoms with Crippen LogP contribution in [-0.2, 0) is 9.53 Å². The van der Waals surface area contributed by atoms with E-state index in [0.717, 1.165) is 18.9 Å². The van der Waals surface area contributed by atoms with Gasteiger partial charge in [0.1, 0.15) is 5.69 Å². The number of rotatable bonds is 6. The highest BCUT2D eigenvalue weighted by Crippen LogP contribution is 2.32. The average molecular weight is 446 g/mol. The van der Waals surface area contributed by atoms with Crippen LogP contribution in [0.4, 0.5) is 11.4 Å². The van der Waals surface area contributed by atoms with E-state index in [1.165, 1.54) is 23.5 Å². The third-order valence-electron chi connectivity index (χ3n) is 4.80. The SMILES string of the molecule is C[C@H]1CCCN(c2ccc(C(=O)OCC(=O)NNC(=O)c3cccs3)cc2[N+](=O)[O-])C1. The first-order valence-electron chi connectivity index (χ1n) is 9.68. The van der Waals surface area contributed by atoms with E-state index < -0.39 is 29.3 Å². The second kappa shape index (κ2) is 10.0. The molecule has 10 nitrogen and oxygen atoms in total. The first kappa shape index (κ1) is 22.2. The molecule has 0 bridgehead atoms. The number of nitro groups is 1. The summed E-state index contributed by atoms with van der Waals surface area (Å²) in [6.45, 7) is 2.87. The van der Waals surface area contributed by atoms with Crippen LogP contribution >= 0.6 is 11.3 Å². The van der Waals surface area contributed by atoms with Crippen molar-refractivity contribution in [2.24, 2.45) is 5.92 Å². The van der Waals surface area contributed by atoms with Gasteiger partial charge < -0.3 is 9.64 Å². The predicted octanol–water partition coefficient (Wildman–Crippen LogP) is 2.51. The number of benzene rings is 1. The first-order valence-corrected chi connectivity index (χ1v) is 10.6. The van der Waals surface area contributed by atoms with Crippen molar-refractivity contribution < 1.29 is 24.0 Å². The van der Waals surface area contributed by atoms with Crippen molar-refractivity contribution >= 4 is 40.5 Å². The van der Waals surface area contributed by atoms with E-state index in [0.29, 0.717) is 29.6 Å². The smallest absolute Gasteiger partial charge is 0.338 e. The third kappa shape index (κ3) is 5.79. The Bertz CT molecular complexity index is 978. The number of hydrogen-bond donors (Lipinski definition) is 2. The summed E-state index contributed by atoms with van der Waals surface area (Å²) >= 11 is 1.21. The summed E-state index contributed by atoms with van der Waals surface area (Å²) < 4.78 is 4.91. The number of nitrogens with one attached hydrogen (secondary N) is 2. The van der Waals surface area contributed by atoms with E-state index >= 15 is 0 Å². The Kier molecular flexibility index (Phi) is 7.19. The molecule has 1 fully saturated rings. The van der Waals surface area contributed by atoms with Gasteiger partial charge in [-0.1, -0.05) is 13.0 Å². The quantitative estimate of drug-likeness (QED) is 0.396. The van der Waals surface area contributed by atoms with Crippen LogP contribution in [0.5, 0.6) is 0 Å². The summed E-state index contributed by atoms with van der Waals surface area (Å²) in [6.07, 6.45) is 2.02. The van der Waals surface area contributed by atoms with Crippen molar-refractivity contribution in [3.63, 3.8) is 0 Å². The van der Waals surface area contributed by atoms with Crippen LogP contribution in [0.3, 0.4) is 0 Å². The summed E-state index contributed by atoms with van der Waals surface area (Å²) in [7, 11) is 0. The van der Waals surface area contributed by atoms with E-state index in [9.17, 15) is 24.5 Å². The van der Waals surface area contributed by atoms with Crippen molar-refractivity contribution in [1.29, 1.82) is 0 Å². The standard InChI is InChI=1S/C20H22N4O6S/c1-13-4-2-8-23(11-13)15-7-6-14(10-16(15)24(28)29)20(27)30-12-18(25)21-22-19(26)17-5-3-9-31-17/h3,5-7,9-10,13H,2,4,8,11-12H2,1H3,(H,21,25)(H,22,26)/t13-/m0/s1. The minimum atomic E-state index is -0.874. The molecule has 0 aliphatic carbocycles. The Morgan fingerprint density at radius 2 is 2.10 bits per heavy atom. The zero-order valence-electron chi connectivity index (χ0n) is 16.8. The molecule has 0 saturated carbocycles. The average Bonchev–Trinajstić information content (AvgIpc) is 3.30. The van der Waals surface area contributed by atoms with E-state index in [1.54, 1.807) is 17.5 Å². The molecule has 2 aromatic rings. The van der Waals surface area contributed by atoms with E-state index in [2.05, 4.69) is 17.8 Å². The van der Waals surface area contributed by atoms with E-state index in [1.807, 2.05) is 4.90 Å². The van der Waals surface area contributed by atoms with Gasteiger partial charge in [-0.05, 0) is 42.3 Å². The number of nitro benzene ring substituents is 1. The highest BCUT2D eigenvalue weighted by Gasteiger charge is 2.25. The molecule has 164 valence electrons. The molecule has 1 atom stereocenters. The maximum Gasteiger partial charge on any atom is 0.338 e. The molecule has 11 heteroatoms. The minimum Gasteiger partial charge on any atom is -0.452 e. The van der Waals surface area contributed by atoms with Gasteiger partial charge in [-0.2, -0.15) is 0 Å². The van der Waals surface area contributed by atoms with Crippen molar-refractivity contribution in [2.45, 2.75) is 19.8 Å². The number of amides is 2. The highest BCUT2D eigenvalue weighted by molar-refractivity contribution is 7.12. The molecule has 1 aliphatic heterocycles. The van der Waals surface area contributed by atoms with Gasteiger partial charge in [0.25, 0.3) is 17.5 Å². The van der Waals surface area contributed by atoms with E-state index in [-0.39, 0.29) is 11.3 Å². The zero-order chi connectivity index (χ0) is 22.4. The van der Waals surface area contributed by atoms with Crippen LogP contribution in [0, 0.1) is 16.0 Å². The molecule has 1 aromatic carbocycles. The Balaban J connectivity index is 1.58. The summed E-state index contributed by atoms with van der Waals surface area (Å²) in [6, 6.07) is 7.43. The molecular formula is C20H22N4O6S. The maximum atomic E-state index is 12.3. The van der Waals surface area contributed by atoms with E-state index in [4.69, 9.17) is 4.74 Å². The van der Waals surface area contributed by atoms with Crippen LogP contribution in [0.25, 0.3) is 0 Å². The lowest BCUT2D eigenvalue weighted by Gasteiger charge is -2.32. The summed E-state index contributed by atoms with van der Waals surface area (Å²) in [4.78, 5) is 49.2. The lowest BCUT2D eigenvalue weighted by Crippen LogP contribution is -2.43. The Labute approximate surface area is 182 Å². The molecule has 1 aromatic heterocycles. The molecule has 0 spiro atoms. The molecule has 1 saturated heterocycles. The molecule has 2 N–H and O–H groups in total. The van der Waals surface area contributed by atoms with Crippen LogP contribution in [-0.4, -0.2) is 42.4 Å². The number of anilines is 1. The fraction of sp³-hybridized carbons (Fsp3) is 0.350. The number of carbonyl (C=O) groups excluding carboxylic acids is 3. The predicted molar refractivity (Wildman–Crippen MR) is 114 cm³/mol. The van der Waals surface area contributed by atoms with Gasteiger partial charge in [0, 0.05) is 19.2 Å². The summed E-state index contributed by atoms with van der Waals surface area (Å²) in [5.41, 5.74) is 4.59. The molecule has 1 aliphatic rings. The molecule has 3 rings (SSSR count). The van der Waals surface area contributed by atoms with Crippen LogP contribution in [0.1, 0.15) is 39.8 Å². The van der Waals surface area contributed by atoms with Crippen molar-refractivity contribution in [3.8, 4) is 0 Å². The van der Waals surface area contributed by atoms with Gasteiger partial charge in [-0.25, -0.2) is 4.79 Å². The number of nitrogens with zero attached hydrogens (tertiary/aromatic N) is 2. The van der Waals surface area contributed by atoms with Crippen LogP contribution in [0.15, 0.2) is 35.7 Å².